The van der Waals surface area contributed by atoms with Crippen LogP contribution in [0.15, 0.2) is 24.3 Å². The van der Waals surface area contributed by atoms with Crippen molar-refractivity contribution in [3.63, 3.8) is 0 Å². The van der Waals surface area contributed by atoms with Crippen LogP contribution < -0.4 is 5.73 Å². The summed E-state index contributed by atoms with van der Waals surface area (Å²) in [7, 11) is 0. The highest BCUT2D eigenvalue weighted by Gasteiger charge is 2.17. The van der Waals surface area contributed by atoms with Crippen molar-refractivity contribution in [3.05, 3.63) is 34.9 Å². The summed E-state index contributed by atoms with van der Waals surface area (Å²) < 4.78 is 0. The first-order valence-electron chi connectivity index (χ1n) is 8.42. The fourth-order valence-corrected chi connectivity index (χ4v) is 3.57. The van der Waals surface area contributed by atoms with Gasteiger partial charge >= 0.3 is 0 Å². The van der Waals surface area contributed by atoms with Crippen molar-refractivity contribution in [1.82, 2.24) is 4.90 Å². The summed E-state index contributed by atoms with van der Waals surface area (Å²) in [6.07, 6.45) is 7.85. The lowest BCUT2D eigenvalue weighted by molar-refractivity contribution is 0.268. The monoisotopic (exact) mass is 308 g/mol. The second-order valence-corrected chi connectivity index (χ2v) is 6.81. The molecule has 0 saturated carbocycles. The van der Waals surface area contributed by atoms with E-state index < -0.39 is 0 Å². The molecule has 0 spiro atoms. The molecule has 1 aromatic carbocycles. The zero-order valence-electron chi connectivity index (χ0n) is 13.2. The van der Waals surface area contributed by atoms with Gasteiger partial charge in [0.1, 0.15) is 0 Å². The topological polar surface area (TPSA) is 29.3 Å². The van der Waals surface area contributed by atoms with Gasteiger partial charge in [0, 0.05) is 11.1 Å². The van der Waals surface area contributed by atoms with E-state index in [2.05, 4.69) is 17.9 Å². The minimum atomic E-state index is 0.0957. The van der Waals surface area contributed by atoms with Gasteiger partial charge in [-0.15, -0.1) is 0 Å². The average Bonchev–Trinajstić information content (AvgIpc) is 2.71. The summed E-state index contributed by atoms with van der Waals surface area (Å²) in [5.41, 5.74) is 7.46. The molecule has 118 valence electrons. The van der Waals surface area contributed by atoms with Gasteiger partial charge in [-0.3, -0.25) is 0 Å². The lowest BCUT2D eigenvalue weighted by atomic mass is 9.96. The number of benzene rings is 1. The summed E-state index contributed by atoms with van der Waals surface area (Å²) >= 11 is 6.04. The maximum Gasteiger partial charge on any atom is 0.0409 e. The van der Waals surface area contributed by atoms with Gasteiger partial charge in [-0.25, -0.2) is 0 Å². The fourth-order valence-electron chi connectivity index (χ4n) is 3.37. The molecule has 1 saturated heterocycles. The average molecular weight is 309 g/mol. The van der Waals surface area contributed by atoms with E-state index in [0.29, 0.717) is 0 Å². The maximum absolute atomic E-state index is 6.31. The van der Waals surface area contributed by atoms with Crippen LogP contribution in [0.2, 0.25) is 5.02 Å². The fraction of sp³-hybridized carbons (Fsp3) is 0.667. The number of halogens is 1. The summed E-state index contributed by atoms with van der Waals surface area (Å²) in [4.78, 5) is 2.60. The highest BCUT2D eigenvalue weighted by atomic mass is 35.5. The van der Waals surface area contributed by atoms with E-state index in [0.717, 1.165) is 29.5 Å². The number of nitrogens with two attached hydrogens (primary N) is 1. The Morgan fingerprint density at radius 1 is 1.33 bits per heavy atom. The molecule has 1 aromatic rings. The Labute approximate surface area is 134 Å². The molecule has 21 heavy (non-hydrogen) atoms. The molecule has 0 amide bonds. The highest BCUT2D eigenvalue weighted by molar-refractivity contribution is 6.30. The molecule has 1 fully saturated rings. The predicted octanol–water partition coefficient (Wildman–Crippen LogP) is 4.63. The molecule has 2 rings (SSSR count). The van der Waals surface area contributed by atoms with Crippen molar-refractivity contribution < 1.29 is 0 Å². The van der Waals surface area contributed by atoms with Crippen LogP contribution in [0.5, 0.6) is 0 Å². The van der Waals surface area contributed by atoms with E-state index in [1.807, 2.05) is 18.2 Å². The van der Waals surface area contributed by atoms with Gasteiger partial charge in [-0.1, -0.05) is 43.5 Å². The van der Waals surface area contributed by atoms with Crippen molar-refractivity contribution in [2.24, 2.45) is 11.7 Å². The molecular weight excluding hydrogens is 280 g/mol. The van der Waals surface area contributed by atoms with E-state index in [-0.39, 0.29) is 6.04 Å². The SMILES string of the molecule is CCCC1CCCN(CCC(N)c2cccc(Cl)c2)CC1. The van der Waals surface area contributed by atoms with Crippen LogP contribution in [0.4, 0.5) is 0 Å². The van der Waals surface area contributed by atoms with E-state index >= 15 is 0 Å². The van der Waals surface area contributed by atoms with Crippen LogP contribution in [0.3, 0.4) is 0 Å². The zero-order chi connectivity index (χ0) is 15.1. The Morgan fingerprint density at radius 2 is 2.19 bits per heavy atom. The Morgan fingerprint density at radius 3 is 2.95 bits per heavy atom. The maximum atomic E-state index is 6.31. The Kier molecular flexibility index (Phi) is 7.01. The van der Waals surface area contributed by atoms with Gasteiger partial charge in [0.25, 0.3) is 0 Å². The Bertz CT molecular complexity index is 421. The number of hydrogen-bond acceptors (Lipinski definition) is 2. The molecule has 2 atom stereocenters. The van der Waals surface area contributed by atoms with Crippen molar-refractivity contribution in [2.45, 2.75) is 51.5 Å². The molecular formula is C18H29ClN2. The summed E-state index contributed by atoms with van der Waals surface area (Å²) in [6.45, 7) is 5.88. The van der Waals surface area contributed by atoms with Crippen LogP contribution in [0, 0.1) is 5.92 Å². The first-order valence-corrected chi connectivity index (χ1v) is 8.80. The molecule has 2 unspecified atom stereocenters. The van der Waals surface area contributed by atoms with E-state index in [4.69, 9.17) is 17.3 Å². The molecule has 1 aliphatic heterocycles. The summed E-state index contributed by atoms with van der Waals surface area (Å²) in [5, 5.41) is 0.778. The predicted molar refractivity (Wildman–Crippen MR) is 91.7 cm³/mol. The van der Waals surface area contributed by atoms with Crippen molar-refractivity contribution >= 4 is 11.6 Å². The number of likely N-dealkylation sites (tertiary alicyclic amines) is 1. The van der Waals surface area contributed by atoms with Gasteiger partial charge in [0.15, 0.2) is 0 Å². The molecule has 0 aromatic heterocycles. The quantitative estimate of drug-likeness (QED) is 0.830. The van der Waals surface area contributed by atoms with Crippen LogP contribution in [0.25, 0.3) is 0 Å². The smallest absolute Gasteiger partial charge is 0.0409 e. The molecule has 2 N–H and O–H groups in total. The highest BCUT2D eigenvalue weighted by Crippen LogP contribution is 2.23. The molecule has 1 heterocycles. The van der Waals surface area contributed by atoms with Gasteiger partial charge in [0.2, 0.25) is 0 Å². The molecule has 0 radical (unpaired) electrons. The van der Waals surface area contributed by atoms with E-state index in [9.17, 15) is 0 Å². The third-order valence-electron chi connectivity index (χ3n) is 4.67. The Balaban J connectivity index is 1.77. The molecule has 0 aliphatic carbocycles. The van der Waals surface area contributed by atoms with E-state index in [1.54, 1.807) is 0 Å². The molecule has 1 aliphatic rings. The first-order chi connectivity index (χ1) is 10.2. The van der Waals surface area contributed by atoms with Gasteiger partial charge in [-0.05, 0) is 68.9 Å². The number of rotatable bonds is 6. The lowest BCUT2D eigenvalue weighted by Crippen LogP contribution is -2.28. The second-order valence-electron chi connectivity index (χ2n) is 6.38. The van der Waals surface area contributed by atoms with Gasteiger partial charge < -0.3 is 10.6 Å². The number of hydrogen-bond donors (Lipinski definition) is 1. The standard InChI is InChI=1S/C18H29ClN2/c1-2-5-15-6-4-11-21(12-9-15)13-10-18(20)16-7-3-8-17(19)14-16/h3,7-8,14-15,18H,2,4-6,9-13,20H2,1H3. The van der Waals surface area contributed by atoms with Crippen LogP contribution >= 0.6 is 11.6 Å². The minimum absolute atomic E-state index is 0.0957. The summed E-state index contributed by atoms with van der Waals surface area (Å²) in [6, 6.07) is 8.06. The van der Waals surface area contributed by atoms with Crippen molar-refractivity contribution in [1.29, 1.82) is 0 Å². The molecule has 3 heteroatoms. The van der Waals surface area contributed by atoms with Crippen LogP contribution in [-0.4, -0.2) is 24.5 Å². The molecule has 2 nitrogen and oxygen atoms in total. The largest absolute Gasteiger partial charge is 0.324 e. The first kappa shape index (κ1) is 16.8. The lowest BCUT2D eigenvalue weighted by Gasteiger charge is -2.22. The van der Waals surface area contributed by atoms with Crippen molar-refractivity contribution in [3.8, 4) is 0 Å². The van der Waals surface area contributed by atoms with E-state index in [1.165, 1.54) is 45.2 Å². The zero-order valence-corrected chi connectivity index (χ0v) is 14.0. The van der Waals surface area contributed by atoms with Gasteiger partial charge in [0.05, 0.1) is 0 Å². The number of nitrogens with zero attached hydrogens (tertiary/aromatic N) is 1. The summed E-state index contributed by atoms with van der Waals surface area (Å²) in [5.74, 6) is 0.946. The third kappa shape index (κ3) is 5.61. The second kappa shape index (κ2) is 8.77. The van der Waals surface area contributed by atoms with Crippen LogP contribution in [-0.2, 0) is 0 Å². The minimum Gasteiger partial charge on any atom is -0.324 e. The third-order valence-corrected chi connectivity index (χ3v) is 4.91. The van der Waals surface area contributed by atoms with Crippen molar-refractivity contribution in [2.75, 3.05) is 19.6 Å². The van der Waals surface area contributed by atoms with Gasteiger partial charge in [-0.2, -0.15) is 0 Å². The molecule has 0 bridgehead atoms. The Hall–Kier alpha value is -0.570. The normalized spacial score (nSPS) is 22.0. The van der Waals surface area contributed by atoms with Crippen LogP contribution in [0.1, 0.15) is 57.1 Å².